The summed E-state index contributed by atoms with van der Waals surface area (Å²) in [6.45, 7) is 6.80. The van der Waals surface area contributed by atoms with E-state index in [1.165, 1.54) is 0 Å². The number of nitrogen functional groups attached to an aromatic ring is 1. The fourth-order valence-electron chi connectivity index (χ4n) is 1.83. The molecule has 1 rings (SSSR count). The van der Waals surface area contributed by atoms with E-state index in [0.717, 1.165) is 18.6 Å². The van der Waals surface area contributed by atoms with Crippen molar-refractivity contribution < 1.29 is 9.53 Å². The average Bonchev–Trinajstić information content (AvgIpc) is 2.38. The minimum atomic E-state index is 0.0386. The van der Waals surface area contributed by atoms with E-state index in [4.69, 9.17) is 10.5 Å². The molecule has 0 saturated carbocycles. The van der Waals surface area contributed by atoms with Gasteiger partial charge < -0.3 is 15.8 Å². The predicted octanol–water partition coefficient (Wildman–Crippen LogP) is 2.98. The number of hydrogen-bond acceptors (Lipinski definition) is 3. The first-order valence-corrected chi connectivity index (χ1v) is 7.25. The molecule has 0 aliphatic heterocycles. The number of hydrogen-bond donors (Lipinski definition) is 2. The molecule has 4 heteroatoms. The first kappa shape index (κ1) is 16.3. The Labute approximate surface area is 121 Å². The number of benzene rings is 1. The second-order valence-electron chi connectivity index (χ2n) is 5.61. The van der Waals surface area contributed by atoms with Gasteiger partial charge in [-0.05, 0) is 49.9 Å². The Morgan fingerprint density at radius 1 is 1.20 bits per heavy atom. The van der Waals surface area contributed by atoms with Crippen molar-refractivity contribution in [1.29, 1.82) is 0 Å². The highest BCUT2D eigenvalue weighted by atomic mass is 16.5. The fraction of sp³-hybridized carbons (Fsp3) is 0.562. The summed E-state index contributed by atoms with van der Waals surface area (Å²) in [5.41, 5.74) is 6.29. The summed E-state index contributed by atoms with van der Waals surface area (Å²) in [6, 6.07) is 7.39. The molecule has 1 aromatic rings. The number of nitrogens with two attached hydrogens (primary N) is 1. The van der Waals surface area contributed by atoms with Crippen molar-refractivity contribution in [2.45, 2.75) is 46.1 Å². The summed E-state index contributed by atoms with van der Waals surface area (Å²) in [6.07, 6.45) is 2.52. The van der Waals surface area contributed by atoms with E-state index in [-0.39, 0.29) is 11.9 Å². The van der Waals surface area contributed by atoms with Gasteiger partial charge in [-0.25, -0.2) is 0 Å². The Kier molecular flexibility index (Phi) is 6.91. The van der Waals surface area contributed by atoms with Crippen LogP contribution in [0.5, 0.6) is 5.75 Å². The number of ether oxygens (including phenoxy) is 1. The van der Waals surface area contributed by atoms with Gasteiger partial charge in [0.25, 0.3) is 0 Å². The maximum Gasteiger partial charge on any atom is 0.223 e. The molecule has 0 aliphatic carbocycles. The van der Waals surface area contributed by atoms with E-state index in [0.29, 0.717) is 24.6 Å². The number of anilines is 1. The van der Waals surface area contributed by atoms with Crippen LogP contribution in [0.25, 0.3) is 0 Å². The fourth-order valence-corrected chi connectivity index (χ4v) is 1.83. The SMILES string of the molecule is CC(C)CCC(C)NC(=O)CCOc1ccc(N)cc1. The molecule has 0 radical (unpaired) electrons. The van der Waals surface area contributed by atoms with Crippen LogP contribution in [0.4, 0.5) is 5.69 Å². The van der Waals surface area contributed by atoms with Gasteiger partial charge in [-0.3, -0.25) is 4.79 Å². The van der Waals surface area contributed by atoms with Crippen molar-refractivity contribution in [2.75, 3.05) is 12.3 Å². The summed E-state index contributed by atoms with van der Waals surface area (Å²) in [5.74, 6) is 1.44. The lowest BCUT2D eigenvalue weighted by Crippen LogP contribution is -2.33. The van der Waals surface area contributed by atoms with Gasteiger partial charge in [0.1, 0.15) is 5.75 Å². The maximum absolute atomic E-state index is 11.7. The molecule has 1 unspecified atom stereocenters. The molecule has 1 amide bonds. The van der Waals surface area contributed by atoms with Crippen molar-refractivity contribution in [3.63, 3.8) is 0 Å². The highest BCUT2D eigenvalue weighted by Crippen LogP contribution is 2.13. The van der Waals surface area contributed by atoms with E-state index in [9.17, 15) is 4.79 Å². The number of carbonyl (C=O) groups is 1. The van der Waals surface area contributed by atoms with Crippen molar-refractivity contribution >= 4 is 11.6 Å². The van der Waals surface area contributed by atoms with Crippen LogP contribution in [-0.4, -0.2) is 18.6 Å². The Balaban J connectivity index is 2.18. The largest absolute Gasteiger partial charge is 0.493 e. The minimum Gasteiger partial charge on any atom is -0.493 e. The van der Waals surface area contributed by atoms with E-state index < -0.39 is 0 Å². The second-order valence-corrected chi connectivity index (χ2v) is 5.61. The highest BCUT2D eigenvalue weighted by molar-refractivity contribution is 5.76. The molecule has 0 aromatic heterocycles. The molecule has 1 aromatic carbocycles. The van der Waals surface area contributed by atoms with Crippen LogP contribution < -0.4 is 15.8 Å². The summed E-state index contributed by atoms with van der Waals surface area (Å²) in [7, 11) is 0. The highest BCUT2D eigenvalue weighted by Gasteiger charge is 2.08. The average molecular weight is 278 g/mol. The molecular formula is C16H26N2O2. The lowest BCUT2D eigenvalue weighted by Gasteiger charge is -2.15. The normalized spacial score (nSPS) is 12.2. The molecule has 0 spiro atoms. The Morgan fingerprint density at radius 3 is 2.45 bits per heavy atom. The molecule has 0 saturated heterocycles. The molecule has 0 bridgehead atoms. The van der Waals surface area contributed by atoms with Crippen molar-refractivity contribution in [3.05, 3.63) is 24.3 Å². The number of rotatable bonds is 8. The topological polar surface area (TPSA) is 64.3 Å². The van der Waals surface area contributed by atoms with E-state index in [2.05, 4.69) is 19.2 Å². The molecule has 0 aliphatic rings. The van der Waals surface area contributed by atoms with Crippen LogP contribution in [-0.2, 0) is 4.79 Å². The Bertz CT molecular complexity index is 401. The van der Waals surface area contributed by atoms with Gasteiger partial charge in [-0.15, -0.1) is 0 Å². The molecule has 4 nitrogen and oxygen atoms in total. The Morgan fingerprint density at radius 2 is 1.85 bits per heavy atom. The molecule has 20 heavy (non-hydrogen) atoms. The lowest BCUT2D eigenvalue weighted by molar-refractivity contribution is -0.122. The van der Waals surface area contributed by atoms with Gasteiger partial charge in [-0.1, -0.05) is 13.8 Å². The second kappa shape index (κ2) is 8.46. The van der Waals surface area contributed by atoms with Crippen molar-refractivity contribution in [1.82, 2.24) is 5.32 Å². The van der Waals surface area contributed by atoms with Gasteiger partial charge in [0.2, 0.25) is 5.91 Å². The zero-order valence-electron chi connectivity index (χ0n) is 12.7. The summed E-state index contributed by atoms with van der Waals surface area (Å²) >= 11 is 0. The Hall–Kier alpha value is -1.71. The third-order valence-electron chi connectivity index (χ3n) is 3.06. The van der Waals surface area contributed by atoms with Gasteiger partial charge >= 0.3 is 0 Å². The molecule has 112 valence electrons. The first-order chi connectivity index (χ1) is 9.47. The molecule has 3 N–H and O–H groups in total. The van der Waals surface area contributed by atoms with E-state index in [1.807, 2.05) is 6.92 Å². The van der Waals surface area contributed by atoms with Crippen LogP contribution >= 0.6 is 0 Å². The number of nitrogens with one attached hydrogen (secondary N) is 1. The first-order valence-electron chi connectivity index (χ1n) is 7.25. The molecular weight excluding hydrogens is 252 g/mol. The quantitative estimate of drug-likeness (QED) is 0.718. The van der Waals surface area contributed by atoms with E-state index >= 15 is 0 Å². The minimum absolute atomic E-state index is 0.0386. The maximum atomic E-state index is 11.7. The van der Waals surface area contributed by atoms with Gasteiger partial charge in [-0.2, -0.15) is 0 Å². The summed E-state index contributed by atoms with van der Waals surface area (Å²) in [5, 5.41) is 2.99. The third-order valence-corrected chi connectivity index (χ3v) is 3.06. The molecule has 0 fully saturated rings. The third kappa shape index (κ3) is 7.02. The van der Waals surface area contributed by atoms with Crippen LogP contribution in [0.15, 0.2) is 24.3 Å². The molecule has 0 heterocycles. The zero-order valence-corrected chi connectivity index (χ0v) is 12.7. The number of amides is 1. The lowest BCUT2D eigenvalue weighted by atomic mass is 10.0. The monoisotopic (exact) mass is 278 g/mol. The van der Waals surface area contributed by atoms with Crippen molar-refractivity contribution in [2.24, 2.45) is 5.92 Å². The summed E-state index contributed by atoms with van der Waals surface area (Å²) in [4.78, 5) is 11.7. The predicted molar refractivity (Wildman–Crippen MR) is 82.6 cm³/mol. The van der Waals surface area contributed by atoms with Crippen molar-refractivity contribution in [3.8, 4) is 5.75 Å². The van der Waals surface area contributed by atoms with Crippen LogP contribution in [0, 0.1) is 5.92 Å². The number of carbonyl (C=O) groups excluding carboxylic acids is 1. The van der Waals surface area contributed by atoms with E-state index in [1.54, 1.807) is 24.3 Å². The van der Waals surface area contributed by atoms with Crippen LogP contribution in [0.3, 0.4) is 0 Å². The standard InChI is InChI=1S/C16H26N2O2/c1-12(2)4-5-13(3)18-16(19)10-11-20-15-8-6-14(17)7-9-15/h6-9,12-13H,4-5,10-11,17H2,1-3H3,(H,18,19). The van der Waals surface area contributed by atoms with Gasteiger partial charge in [0, 0.05) is 11.7 Å². The molecule has 1 atom stereocenters. The smallest absolute Gasteiger partial charge is 0.223 e. The zero-order chi connectivity index (χ0) is 15.0. The summed E-state index contributed by atoms with van der Waals surface area (Å²) < 4.78 is 5.50. The van der Waals surface area contributed by atoms with Gasteiger partial charge in [0.05, 0.1) is 13.0 Å². The van der Waals surface area contributed by atoms with Crippen LogP contribution in [0.1, 0.15) is 40.0 Å². The van der Waals surface area contributed by atoms with Gasteiger partial charge in [0.15, 0.2) is 0 Å². The van der Waals surface area contributed by atoms with Crippen LogP contribution in [0.2, 0.25) is 0 Å².